The van der Waals surface area contributed by atoms with Crippen molar-refractivity contribution < 1.29 is 23.9 Å². The maximum Gasteiger partial charge on any atom is 0.407 e. The Balaban J connectivity index is 1.71. The molecule has 0 bridgehead atoms. The number of anilines is 1. The van der Waals surface area contributed by atoms with Crippen LogP contribution in [0.2, 0.25) is 0 Å². The topological polar surface area (TPSA) is 106 Å². The van der Waals surface area contributed by atoms with Gasteiger partial charge in [0.05, 0.1) is 0 Å². The monoisotopic (exact) mass is 441 g/mol. The Labute approximate surface area is 188 Å². The molecule has 2 aromatic carbocycles. The van der Waals surface area contributed by atoms with E-state index in [0.29, 0.717) is 18.0 Å². The minimum absolute atomic E-state index is 0.0792. The van der Waals surface area contributed by atoms with Crippen molar-refractivity contribution in [3.63, 3.8) is 0 Å². The van der Waals surface area contributed by atoms with Gasteiger partial charge in [0, 0.05) is 25.2 Å². The summed E-state index contributed by atoms with van der Waals surface area (Å²) in [6.07, 6.45) is -0.453. The highest BCUT2D eigenvalue weighted by atomic mass is 16.6. The van der Waals surface area contributed by atoms with Crippen molar-refractivity contribution in [3.05, 3.63) is 59.7 Å². The quantitative estimate of drug-likeness (QED) is 0.552. The van der Waals surface area contributed by atoms with E-state index in [9.17, 15) is 14.4 Å². The van der Waals surface area contributed by atoms with Crippen molar-refractivity contribution >= 4 is 23.6 Å². The van der Waals surface area contributed by atoms with Crippen LogP contribution in [-0.2, 0) is 20.9 Å². The summed E-state index contributed by atoms with van der Waals surface area (Å²) in [7, 11) is 0. The van der Waals surface area contributed by atoms with E-state index in [-0.39, 0.29) is 31.4 Å². The normalized spacial score (nSPS) is 10.8. The first-order chi connectivity index (χ1) is 15.1. The Morgan fingerprint density at radius 1 is 0.938 bits per heavy atom. The number of aryl methyl sites for hydroxylation is 1. The van der Waals surface area contributed by atoms with Gasteiger partial charge in [-0.15, -0.1) is 0 Å². The number of carbonyl (C=O) groups excluding carboxylic acids is 3. The molecule has 8 nitrogen and oxygen atoms in total. The summed E-state index contributed by atoms with van der Waals surface area (Å²) in [5, 5.41) is 8.11. The molecule has 0 heterocycles. The van der Waals surface area contributed by atoms with Crippen LogP contribution in [-0.4, -0.2) is 36.7 Å². The molecule has 0 saturated carbocycles. The van der Waals surface area contributed by atoms with Crippen molar-refractivity contribution in [1.82, 2.24) is 10.6 Å². The molecule has 0 aliphatic heterocycles. The molecule has 0 aliphatic rings. The van der Waals surface area contributed by atoms with E-state index in [2.05, 4.69) is 16.0 Å². The third-order valence-corrected chi connectivity index (χ3v) is 4.11. The third kappa shape index (κ3) is 9.97. The Kier molecular flexibility index (Phi) is 9.07. The van der Waals surface area contributed by atoms with Crippen LogP contribution in [0.1, 0.15) is 38.3 Å². The van der Waals surface area contributed by atoms with E-state index in [1.165, 1.54) is 0 Å². The van der Waals surface area contributed by atoms with Gasteiger partial charge in [-0.3, -0.25) is 9.59 Å². The van der Waals surface area contributed by atoms with E-state index in [4.69, 9.17) is 9.47 Å². The minimum Gasteiger partial charge on any atom is -0.484 e. The molecule has 0 radical (unpaired) electrons. The Hall–Kier alpha value is -3.55. The average Bonchev–Trinajstić information content (AvgIpc) is 2.71. The zero-order valence-electron chi connectivity index (χ0n) is 19.0. The number of hydrogen-bond donors (Lipinski definition) is 3. The Morgan fingerprint density at radius 3 is 2.34 bits per heavy atom. The SMILES string of the molecule is Cc1ccc(OCC(=O)NCc2cccc(NC(=O)CCNC(=O)OC(C)(C)C)c2)cc1. The maximum atomic E-state index is 12.1. The second kappa shape index (κ2) is 11.7. The number of hydrogen-bond acceptors (Lipinski definition) is 5. The number of alkyl carbamates (subject to hydrolysis) is 1. The third-order valence-electron chi connectivity index (χ3n) is 4.11. The lowest BCUT2D eigenvalue weighted by Gasteiger charge is -2.19. The summed E-state index contributed by atoms with van der Waals surface area (Å²) in [6.45, 7) is 7.68. The second-order valence-electron chi connectivity index (χ2n) is 8.31. The fraction of sp³-hybridized carbons (Fsp3) is 0.375. The van der Waals surface area contributed by atoms with Crippen molar-refractivity contribution in [2.24, 2.45) is 0 Å². The molecule has 0 unspecified atom stereocenters. The largest absolute Gasteiger partial charge is 0.484 e. The van der Waals surface area contributed by atoms with Crippen LogP contribution in [0.3, 0.4) is 0 Å². The van der Waals surface area contributed by atoms with Gasteiger partial charge in [0.1, 0.15) is 11.4 Å². The summed E-state index contributed by atoms with van der Waals surface area (Å²) < 4.78 is 10.6. The standard InChI is InChI=1S/C24H31N3O5/c1-17-8-10-20(11-9-17)31-16-22(29)26-15-18-6-5-7-19(14-18)27-21(28)12-13-25-23(30)32-24(2,3)4/h5-11,14H,12-13,15-16H2,1-4H3,(H,25,30)(H,26,29)(H,27,28). The van der Waals surface area contributed by atoms with Crippen LogP contribution in [0.15, 0.2) is 48.5 Å². The molecular weight excluding hydrogens is 410 g/mol. The first-order valence-electron chi connectivity index (χ1n) is 10.4. The number of ether oxygens (including phenoxy) is 2. The molecular formula is C24H31N3O5. The molecule has 32 heavy (non-hydrogen) atoms. The molecule has 172 valence electrons. The molecule has 3 amide bonds. The lowest BCUT2D eigenvalue weighted by molar-refractivity contribution is -0.123. The van der Waals surface area contributed by atoms with Gasteiger partial charge in [0.25, 0.3) is 5.91 Å². The second-order valence-corrected chi connectivity index (χ2v) is 8.31. The Morgan fingerprint density at radius 2 is 1.66 bits per heavy atom. The maximum absolute atomic E-state index is 12.1. The first kappa shape index (κ1) is 24.7. The zero-order chi connectivity index (χ0) is 23.6. The first-order valence-corrected chi connectivity index (χ1v) is 10.4. The lowest BCUT2D eigenvalue weighted by atomic mass is 10.2. The number of amides is 3. The molecule has 2 aromatic rings. The molecule has 0 fully saturated rings. The van der Waals surface area contributed by atoms with Crippen LogP contribution in [0.4, 0.5) is 10.5 Å². The number of carbonyl (C=O) groups is 3. The molecule has 8 heteroatoms. The number of nitrogens with one attached hydrogen (secondary N) is 3. The van der Waals surface area contributed by atoms with Gasteiger partial charge in [0.2, 0.25) is 5.91 Å². The van der Waals surface area contributed by atoms with Crippen molar-refractivity contribution in [3.8, 4) is 5.75 Å². The highest BCUT2D eigenvalue weighted by Gasteiger charge is 2.16. The Bertz CT molecular complexity index is 920. The van der Waals surface area contributed by atoms with Crippen LogP contribution < -0.4 is 20.7 Å². The fourth-order valence-corrected chi connectivity index (χ4v) is 2.61. The smallest absolute Gasteiger partial charge is 0.407 e. The van der Waals surface area contributed by atoms with Gasteiger partial charge in [0.15, 0.2) is 6.61 Å². The van der Waals surface area contributed by atoms with Gasteiger partial charge in [-0.1, -0.05) is 29.8 Å². The summed E-state index contributed by atoms with van der Waals surface area (Å²) in [6, 6.07) is 14.6. The fourth-order valence-electron chi connectivity index (χ4n) is 2.61. The molecule has 2 rings (SSSR count). The van der Waals surface area contributed by atoms with Gasteiger partial charge in [-0.05, 0) is 57.5 Å². The van der Waals surface area contributed by atoms with Crippen LogP contribution in [0, 0.1) is 6.92 Å². The number of benzene rings is 2. The predicted octanol–water partition coefficient (Wildman–Crippen LogP) is 3.54. The van der Waals surface area contributed by atoms with Crippen molar-refractivity contribution in [2.45, 2.75) is 46.3 Å². The highest BCUT2D eigenvalue weighted by molar-refractivity contribution is 5.91. The van der Waals surface area contributed by atoms with E-state index in [1.54, 1.807) is 39.0 Å². The van der Waals surface area contributed by atoms with E-state index >= 15 is 0 Å². The predicted molar refractivity (Wildman–Crippen MR) is 122 cm³/mol. The summed E-state index contributed by atoms with van der Waals surface area (Å²) in [5.74, 6) is 0.151. The molecule has 0 aromatic heterocycles. The highest BCUT2D eigenvalue weighted by Crippen LogP contribution is 2.12. The van der Waals surface area contributed by atoms with Crippen LogP contribution >= 0.6 is 0 Å². The lowest BCUT2D eigenvalue weighted by Crippen LogP contribution is -2.34. The summed E-state index contributed by atoms with van der Waals surface area (Å²) >= 11 is 0. The molecule has 0 spiro atoms. The van der Waals surface area contributed by atoms with Crippen molar-refractivity contribution in [1.29, 1.82) is 0 Å². The summed E-state index contributed by atoms with van der Waals surface area (Å²) in [4.78, 5) is 35.7. The van der Waals surface area contributed by atoms with Gasteiger partial charge < -0.3 is 25.4 Å². The van der Waals surface area contributed by atoms with Gasteiger partial charge in [-0.2, -0.15) is 0 Å². The van der Waals surface area contributed by atoms with E-state index in [0.717, 1.165) is 11.1 Å². The average molecular weight is 442 g/mol. The van der Waals surface area contributed by atoms with Crippen LogP contribution in [0.5, 0.6) is 5.75 Å². The summed E-state index contributed by atoms with van der Waals surface area (Å²) in [5.41, 5.74) is 1.97. The van der Waals surface area contributed by atoms with Gasteiger partial charge in [-0.25, -0.2) is 4.79 Å². The molecule has 0 saturated heterocycles. The van der Waals surface area contributed by atoms with E-state index in [1.807, 2.05) is 37.3 Å². The van der Waals surface area contributed by atoms with Crippen molar-refractivity contribution in [2.75, 3.05) is 18.5 Å². The minimum atomic E-state index is -0.588. The van der Waals surface area contributed by atoms with Gasteiger partial charge >= 0.3 is 6.09 Å². The molecule has 3 N–H and O–H groups in total. The van der Waals surface area contributed by atoms with Crippen LogP contribution in [0.25, 0.3) is 0 Å². The number of rotatable bonds is 9. The zero-order valence-corrected chi connectivity index (χ0v) is 19.0. The molecule has 0 atom stereocenters. The molecule has 0 aliphatic carbocycles. The van der Waals surface area contributed by atoms with E-state index < -0.39 is 11.7 Å².